The maximum absolute atomic E-state index is 11.1. The van der Waals surface area contributed by atoms with Gasteiger partial charge < -0.3 is 4.55 Å². The van der Waals surface area contributed by atoms with Crippen molar-refractivity contribution >= 4 is 11.2 Å². The highest BCUT2D eigenvalue weighted by molar-refractivity contribution is 7.91. The summed E-state index contributed by atoms with van der Waals surface area (Å²) in [5.74, 6) is 1.34. The van der Waals surface area contributed by atoms with Crippen LogP contribution in [0.1, 0.15) is 27.7 Å². The minimum Gasteiger partial charge on any atom is -0.616 e. The molecule has 0 aromatic carbocycles. The van der Waals surface area contributed by atoms with Crippen LogP contribution < -0.4 is 0 Å². The second-order valence-corrected chi connectivity index (χ2v) is 4.70. The van der Waals surface area contributed by atoms with E-state index in [9.17, 15) is 4.55 Å². The van der Waals surface area contributed by atoms with Gasteiger partial charge in [0, 0.05) is 5.92 Å². The smallest absolute Gasteiger partial charge is 0.115 e. The number of hydrogen-bond acceptors (Lipinski definition) is 1. The van der Waals surface area contributed by atoms with Gasteiger partial charge in [-0.15, -0.1) is 0 Å². The molecule has 0 spiro atoms. The molecule has 0 rings (SSSR count). The first-order chi connectivity index (χ1) is 4.09. The second-order valence-electron chi connectivity index (χ2n) is 2.62. The van der Waals surface area contributed by atoms with Crippen LogP contribution in [0.15, 0.2) is 0 Å². The normalized spacial score (nSPS) is 18.0. The molecule has 0 aliphatic heterocycles. The fourth-order valence-corrected chi connectivity index (χ4v) is 1.70. The van der Waals surface area contributed by atoms with Crippen LogP contribution in [-0.2, 0) is 11.2 Å². The van der Waals surface area contributed by atoms with E-state index in [2.05, 4.69) is 13.8 Å². The van der Waals surface area contributed by atoms with Crippen molar-refractivity contribution in [2.24, 2.45) is 5.92 Å². The summed E-state index contributed by atoms with van der Waals surface area (Å²) >= 11 is -0.602. The number of rotatable bonds is 3. The highest BCUT2D eigenvalue weighted by Gasteiger charge is 2.17. The van der Waals surface area contributed by atoms with Gasteiger partial charge in [-0.3, -0.25) is 0 Å². The zero-order valence-electron chi connectivity index (χ0n) is 6.68. The SMILES string of the molecule is CC[S@@+]([O-])C(C)C(C)C. The van der Waals surface area contributed by atoms with E-state index in [1.165, 1.54) is 0 Å². The zero-order chi connectivity index (χ0) is 7.44. The van der Waals surface area contributed by atoms with E-state index in [0.29, 0.717) is 11.2 Å². The van der Waals surface area contributed by atoms with Gasteiger partial charge >= 0.3 is 0 Å². The lowest BCUT2D eigenvalue weighted by Gasteiger charge is -2.19. The Morgan fingerprint density at radius 3 is 1.89 bits per heavy atom. The standard InChI is InChI=1S/C7H16OS/c1-5-9(8)7(4)6(2)3/h6-7H,5H2,1-4H3/t7?,9-/m1/s1. The molecule has 0 aromatic rings. The van der Waals surface area contributed by atoms with E-state index < -0.39 is 11.2 Å². The zero-order valence-corrected chi connectivity index (χ0v) is 7.49. The molecule has 56 valence electrons. The molecule has 2 atom stereocenters. The van der Waals surface area contributed by atoms with Crippen LogP contribution in [-0.4, -0.2) is 15.6 Å². The van der Waals surface area contributed by atoms with Crippen molar-refractivity contribution < 1.29 is 4.55 Å². The molecule has 0 amide bonds. The van der Waals surface area contributed by atoms with Gasteiger partial charge in [-0.05, 0) is 13.8 Å². The van der Waals surface area contributed by atoms with E-state index in [4.69, 9.17) is 0 Å². The van der Waals surface area contributed by atoms with Crippen LogP contribution in [0.2, 0.25) is 0 Å². The van der Waals surface area contributed by atoms with E-state index in [1.807, 2.05) is 13.8 Å². The lowest BCUT2D eigenvalue weighted by Crippen LogP contribution is -2.24. The Hall–Kier alpha value is 0.310. The van der Waals surface area contributed by atoms with Crippen molar-refractivity contribution in [3.8, 4) is 0 Å². The van der Waals surface area contributed by atoms with E-state index >= 15 is 0 Å². The van der Waals surface area contributed by atoms with Gasteiger partial charge in [-0.2, -0.15) is 0 Å². The fraction of sp³-hybridized carbons (Fsp3) is 1.00. The van der Waals surface area contributed by atoms with Crippen LogP contribution in [0.25, 0.3) is 0 Å². The van der Waals surface area contributed by atoms with Gasteiger partial charge in [0.15, 0.2) is 0 Å². The lowest BCUT2D eigenvalue weighted by atomic mass is 10.2. The van der Waals surface area contributed by atoms with E-state index in [1.54, 1.807) is 0 Å². The quantitative estimate of drug-likeness (QED) is 0.560. The molecule has 0 saturated heterocycles. The Labute approximate surface area is 61.0 Å². The van der Waals surface area contributed by atoms with E-state index in [0.717, 1.165) is 5.75 Å². The summed E-state index contributed by atoms with van der Waals surface area (Å²) in [7, 11) is 0. The molecule has 1 nitrogen and oxygen atoms in total. The molecule has 0 heterocycles. The van der Waals surface area contributed by atoms with Crippen LogP contribution in [0.3, 0.4) is 0 Å². The van der Waals surface area contributed by atoms with Crippen molar-refractivity contribution in [2.75, 3.05) is 5.75 Å². The Morgan fingerprint density at radius 2 is 1.78 bits per heavy atom. The first-order valence-electron chi connectivity index (χ1n) is 3.46. The molecule has 1 unspecified atom stereocenters. The Balaban J connectivity index is 3.58. The predicted octanol–water partition coefficient (Wildman–Crippen LogP) is 1.80. The molecule has 0 aromatic heterocycles. The summed E-state index contributed by atoms with van der Waals surface area (Å²) in [5, 5.41) is 0.356. The molecule has 9 heavy (non-hydrogen) atoms. The van der Waals surface area contributed by atoms with Gasteiger partial charge in [0.1, 0.15) is 11.0 Å². The summed E-state index contributed by atoms with van der Waals surface area (Å²) in [5.41, 5.74) is 0. The first kappa shape index (κ1) is 9.31. The van der Waals surface area contributed by atoms with Gasteiger partial charge in [0.05, 0.1) is 0 Å². The average molecular weight is 148 g/mol. The van der Waals surface area contributed by atoms with Crippen LogP contribution >= 0.6 is 0 Å². The Morgan fingerprint density at radius 1 is 1.33 bits per heavy atom. The highest BCUT2D eigenvalue weighted by atomic mass is 32.2. The molecule has 0 aliphatic rings. The third-order valence-corrected chi connectivity index (χ3v) is 3.58. The largest absolute Gasteiger partial charge is 0.616 e. The monoisotopic (exact) mass is 148 g/mol. The van der Waals surface area contributed by atoms with Crippen molar-refractivity contribution in [2.45, 2.75) is 32.9 Å². The van der Waals surface area contributed by atoms with Crippen molar-refractivity contribution in [1.29, 1.82) is 0 Å². The molecule has 0 N–H and O–H groups in total. The second kappa shape index (κ2) is 4.18. The Bertz CT molecular complexity index is 73.3. The maximum Gasteiger partial charge on any atom is 0.115 e. The lowest BCUT2D eigenvalue weighted by molar-refractivity contribution is 0.546. The van der Waals surface area contributed by atoms with Crippen LogP contribution in [0.4, 0.5) is 0 Å². The number of hydrogen-bond donors (Lipinski definition) is 0. The molecule has 0 fully saturated rings. The third-order valence-electron chi connectivity index (χ3n) is 1.64. The fourth-order valence-electron chi connectivity index (χ4n) is 0.566. The highest BCUT2D eigenvalue weighted by Crippen LogP contribution is 2.11. The van der Waals surface area contributed by atoms with Crippen LogP contribution in [0, 0.1) is 5.92 Å². The molecule has 2 heteroatoms. The third kappa shape index (κ3) is 3.11. The van der Waals surface area contributed by atoms with Gasteiger partial charge in [0.2, 0.25) is 0 Å². The van der Waals surface area contributed by atoms with Gasteiger partial charge in [-0.1, -0.05) is 25.0 Å². The van der Waals surface area contributed by atoms with E-state index in [-0.39, 0.29) is 0 Å². The first-order valence-corrected chi connectivity index (χ1v) is 4.85. The van der Waals surface area contributed by atoms with Crippen molar-refractivity contribution in [1.82, 2.24) is 0 Å². The molecular formula is C7H16OS. The van der Waals surface area contributed by atoms with Crippen molar-refractivity contribution in [3.05, 3.63) is 0 Å². The van der Waals surface area contributed by atoms with Crippen molar-refractivity contribution in [3.63, 3.8) is 0 Å². The predicted molar refractivity (Wildman–Crippen MR) is 43.0 cm³/mol. The molecular weight excluding hydrogens is 132 g/mol. The summed E-state index contributed by atoms with van der Waals surface area (Å²) in [6, 6.07) is 0. The van der Waals surface area contributed by atoms with Gasteiger partial charge in [0.25, 0.3) is 0 Å². The molecule has 0 saturated carbocycles. The van der Waals surface area contributed by atoms with Crippen LogP contribution in [0.5, 0.6) is 0 Å². The van der Waals surface area contributed by atoms with Gasteiger partial charge in [-0.25, -0.2) is 0 Å². The minimum absolute atomic E-state index is 0.356. The molecule has 0 bridgehead atoms. The summed E-state index contributed by atoms with van der Waals surface area (Å²) in [6.07, 6.45) is 0. The summed E-state index contributed by atoms with van der Waals surface area (Å²) in [6.45, 7) is 8.23. The summed E-state index contributed by atoms with van der Waals surface area (Å²) < 4.78 is 11.1. The molecule has 0 radical (unpaired) electrons. The Kier molecular flexibility index (Phi) is 4.32. The topological polar surface area (TPSA) is 23.1 Å². The minimum atomic E-state index is -0.602. The maximum atomic E-state index is 11.1. The summed E-state index contributed by atoms with van der Waals surface area (Å²) in [4.78, 5) is 0. The molecule has 0 aliphatic carbocycles. The average Bonchev–Trinajstić information content (AvgIpc) is 1.84.